The maximum Gasteiger partial charge on any atom is 0.302 e. The molecule has 0 aromatic rings. The molecular weight excluding hydrogens is 136 g/mol. The number of carbonyl (C=O) groups is 1. The van der Waals surface area contributed by atoms with Crippen LogP contribution in [0.15, 0.2) is 0 Å². The van der Waals surface area contributed by atoms with Crippen LogP contribution < -0.4 is 0 Å². The fourth-order valence-electron chi connectivity index (χ4n) is 0.679. The summed E-state index contributed by atoms with van der Waals surface area (Å²) in [6, 6.07) is 0. The zero-order valence-electron chi connectivity index (χ0n) is 5.83. The van der Waals surface area contributed by atoms with Gasteiger partial charge in [0.15, 0.2) is 0 Å². The standard InChI is InChI=1S/C6H10O4/c1-5(7)9-3-6-2-8-4-10-6/h6H,2-4H2,1H3. The monoisotopic (exact) mass is 146 g/mol. The van der Waals surface area contributed by atoms with E-state index in [1.807, 2.05) is 0 Å². The average Bonchev–Trinajstić information content (AvgIpc) is 2.34. The van der Waals surface area contributed by atoms with Crippen LogP contribution in [0.1, 0.15) is 6.92 Å². The third-order valence-electron chi connectivity index (χ3n) is 1.16. The van der Waals surface area contributed by atoms with Crippen molar-refractivity contribution >= 4 is 5.97 Å². The first kappa shape index (κ1) is 7.50. The van der Waals surface area contributed by atoms with Gasteiger partial charge in [0.05, 0.1) is 6.61 Å². The number of rotatable bonds is 2. The summed E-state index contributed by atoms with van der Waals surface area (Å²) in [6.45, 7) is 2.50. The van der Waals surface area contributed by atoms with E-state index in [2.05, 4.69) is 4.74 Å². The Kier molecular flexibility index (Phi) is 2.65. The van der Waals surface area contributed by atoms with Gasteiger partial charge in [0.2, 0.25) is 0 Å². The first-order valence-corrected chi connectivity index (χ1v) is 3.12. The topological polar surface area (TPSA) is 44.8 Å². The van der Waals surface area contributed by atoms with E-state index < -0.39 is 0 Å². The minimum absolute atomic E-state index is 0.0658. The number of carbonyl (C=O) groups excluding carboxylic acids is 1. The highest BCUT2D eigenvalue weighted by atomic mass is 16.7. The first-order valence-electron chi connectivity index (χ1n) is 3.12. The minimum Gasteiger partial charge on any atom is -0.463 e. The van der Waals surface area contributed by atoms with E-state index in [4.69, 9.17) is 9.47 Å². The summed E-state index contributed by atoms with van der Waals surface area (Å²) in [5, 5.41) is 0. The van der Waals surface area contributed by atoms with Crippen molar-refractivity contribution in [2.75, 3.05) is 20.0 Å². The van der Waals surface area contributed by atoms with Crippen LogP contribution in [-0.4, -0.2) is 32.1 Å². The Hall–Kier alpha value is -0.610. The Labute approximate surface area is 59.1 Å². The van der Waals surface area contributed by atoms with Crippen LogP contribution in [0, 0.1) is 0 Å². The third kappa shape index (κ3) is 2.33. The molecule has 0 aliphatic carbocycles. The van der Waals surface area contributed by atoms with Crippen molar-refractivity contribution in [2.24, 2.45) is 0 Å². The highest BCUT2D eigenvalue weighted by molar-refractivity contribution is 5.65. The lowest BCUT2D eigenvalue weighted by molar-refractivity contribution is -0.143. The molecule has 1 heterocycles. The summed E-state index contributed by atoms with van der Waals surface area (Å²) in [4.78, 5) is 10.3. The molecule has 0 N–H and O–H groups in total. The highest BCUT2D eigenvalue weighted by Crippen LogP contribution is 2.02. The van der Waals surface area contributed by atoms with Crippen LogP contribution >= 0.6 is 0 Å². The van der Waals surface area contributed by atoms with E-state index in [0.29, 0.717) is 20.0 Å². The van der Waals surface area contributed by atoms with Gasteiger partial charge in [-0.1, -0.05) is 0 Å². The van der Waals surface area contributed by atoms with Crippen molar-refractivity contribution in [3.05, 3.63) is 0 Å². The minimum atomic E-state index is -0.282. The van der Waals surface area contributed by atoms with Crippen molar-refractivity contribution in [3.63, 3.8) is 0 Å². The van der Waals surface area contributed by atoms with Gasteiger partial charge in [-0.05, 0) is 0 Å². The quantitative estimate of drug-likeness (QED) is 0.511. The molecule has 1 rings (SSSR count). The average molecular weight is 146 g/mol. The molecule has 1 unspecified atom stereocenters. The van der Waals surface area contributed by atoms with E-state index in [1.54, 1.807) is 0 Å². The van der Waals surface area contributed by atoms with E-state index in [1.165, 1.54) is 6.92 Å². The fourth-order valence-corrected chi connectivity index (χ4v) is 0.679. The summed E-state index contributed by atoms with van der Waals surface area (Å²) in [5.41, 5.74) is 0. The first-order chi connectivity index (χ1) is 4.79. The second-order valence-corrected chi connectivity index (χ2v) is 2.08. The molecule has 1 aliphatic rings. The molecule has 0 aromatic carbocycles. The lowest BCUT2D eigenvalue weighted by Crippen LogP contribution is -2.19. The molecule has 1 atom stereocenters. The lowest BCUT2D eigenvalue weighted by atomic mass is 10.4. The predicted octanol–water partition coefficient (Wildman–Crippen LogP) is -0.0776. The van der Waals surface area contributed by atoms with E-state index >= 15 is 0 Å². The van der Waals surface area contributed by atoms with E-state index in [9.17, 15) is 4.79 Å². The van der Waals surface area contributed by atoms with Crippen molar-refractivity contribution in [2.45, 2.75) is 13.0 Å². The summed E-state index contributed by atoms with van der Waals surface area (Å²) in [5.74, 6) is -0.282. The number of esters is 1. The largest absolute Gasteiger partial charge is 0.463 e. The van der Waals surface area contributed by atoms with E-state index in [-0.39, 0.29) is 12.1 Å². The van der Waals surface area contributed by atoms with Crippen molar-refractivity contribution < 1.29 is 19.0 Å². The van der Waals surface area contributed by atoms with Gasteiger partial charge < -0.3 is 14.2 Å². The van der Waals surface area contributed by atoms with Gasteiger partial charge in [-0.3, -0.25) is 4.79 Å². The normalized spacial score (nSPS) is 24.7. The van der Waals surface area contributed by atoms with Crippen molar-refractivity contribution in [1.29, 1.82) is 0 Å². The smallest absolute Gasteiger partial charge is 0.302 e. The molecule has 1 saturated heterocycles. The van der Waals surface area contributed by atoms with Gasteiger partial charge in [0.25, 0.3) is 0 Å². The van der Waals surface area contributed by atoms with Crippen LogP contribution in [-0.2, 0) is 19.0 Å². The van der Waals surface area contributed by atoms with E-state index in [0.717, 1.165) is 0 Å². The molecule has 0 saturated carbocycles. The number of hydrogen-bond acceptors (Lipinski definition) is 4. The second kappa shape index (κ2) is 3.53. The highest BCUT2D eigenvalue weighted by Gasteiger charge is 2.16. The van der Waals surface area contributed by atoms with Gasteiger partial charge in [0.1, 0.15) is 19.5 Å². The Balaban J connectivity index is 2.07. The molecule has 4 heteroatoms. The molecule has 0 radical (unpaired) electrons. The second-order valence-electron chi connectivity index (χ2n) is 2.08. The Morgan fingerprint density at radius 1 is 1.80 bits per heavy atom. The summed E-state index contributed by atoms with van der Waals surface area (Å²) >= 11 is 0. The molecule has 0 spiro atoms. The van der Waals surface area contributed by atoms with Gasteiger partial charge >= 0.3 is 5.97 Å². The predicted molar refractivity (Wildman–Crippen MR) is 32.3 cm³/mol. The summed E-state index contributed by atoms with van der Waals surface area (Å²) in [7, 11) is 0. The van der Waals surface area contributed by atoms with Gasteiger partial charge in [-0.15, -0.1) is 0 Å². The zero-order valence-corrected chi connectivity index (χ0v) is 5.83. The van der Waals surface area contributed by atoms with Crippen molar-refractivity contribution in [1.82, 2.24) is 0 Å². The maximum absolute atomic E-state index is 10.3. The molecular formula is C6H10O4. The van der Waals surface area contributed by atoms with Gasteiger partial charge in [0, 0.05) is 6.92 Å². The number of hydrogen-bond donors (Lipinski definition) is 0. The number of ether oxygens (including phenoxy) is 3. The Morgan fingerprint density at radius 3 is 3.10 bits per heavy atom. The molecule has 0 bridgehead atoms. The van der Waals surface area contributed by atoms with Crippen LogP contribution in [0.3, 0.4) is 0 Å². The van der Waals surface area contributed by atoms with Gasteiger partial charge in [-0.25, -0.2) is 0 Å². The van der Waals surface area contributed by atoms with Crippen LogP contribution in [0.5, 0.6) is 0 Å². The zero-order chi connectivity index (χ0) is 7.40. The lowest BCUT2D eigenvalue weighted by Gasteiger charge is -2.05. The van der Waals surface area contributed by atoms with Crippen LogP contribution in [0.2, 0.25) is 0 Å². The Bertz CT molecular complexity index is 117. The Morgan fingerprint density at radius 2 is 2.60 bits per heavy atom. The van der Waals surface area contributed by atoms with Crippen LogP contribution in [0.4, 0.5) is 0 Å². The molecule has 10 heavy (non-hydrogen) atoms. The fraction of sp³-hybridized carbons (Fsp3) is 0.833. The van der Waals surface area contributed by atoms with Crippen LogP contribution in [0.25, 0.3) is 0 Å². The maximum atomic E-state index is 10.3. The molecule has 1 aliphatic heterocycles. The molecule has 0 aromatic heterocycles. The third-order valence-corrected chi connectivity index (χ3v) is 1.16. The molecule has 0 amide bonds. The van der Waals surface area contributed by atoms with Crippen molar-refractivity contribution in [3.8, 4) is 0 Å². The molecule has 4 nitrogen and oxygen atoms in total. The summed E-state index contributed by atoms with van der Waals surface area (Å²) < 4.78 is 14.6. The molecule has 58 valence electrons. The van der Waals surface area contributed by atoms with Gasteiger partial charge in [-0.2, -0.15) is 0 Å². The SMILES string of the molecule is CC(=O)OCC1COCO1. The molecule has 1 fully saturated rings. The summed E-state index contributed by atoms with van der Waals surface area (Å²) in [6.07, 6.45) is -0.0658.